The molecule has 0 saturated carbocycles. The van der Waals surface area contributed by atoms with E-state index in [1.54, 1.807) is 12.3 Å². The van der Waals surface area contributed by atoms with Gasteiger partial charge < -0.3 is 10.8 Å². The summed E-state index contributed by atoms with van der Waals surface area (Å²) in [5.74, 6) is 0.120. The number of fused-ring (bicyclic) bond motifs is 1. The van der Waals surface area contributed by atoms with Gasteiger partial charge in [-0.05, 0) is 18.6 Å². The molecule has 0 spiro atoms. The Labute approximate surface area is 75.1 Å². The average Bonchev–Trinajstić information content (AvgIpc) is 2.15. The molecule has 4 heteroatoms. The highest BCUT2D eigenvalue weighted by Crippen LogP contribution is 2.28. The maximum Gasteiger partial charge on any atom is 0.143 e. The van der Waals surface area contributed by atoms with Gasteiger partial charge in [0, 0.05) is 12.4 Å². The number of benzene rings is 1. The van der Waals surface area contributed by atoms with Gasteiger partial charge in [0.25, 0.3) is 0 Å². The van der Waals surface area contributed by atoms with E-state index in [0.29, 0.717) is 16.7 Å². The molecule has 2 rings (SSSR count). The lowest BCUT2D eigenvalue weighted by Gasteiger charge is -2.04. The fourth-order valence-electron chi connectivity index (χ4n) is 1.26. The smallest absolute Gasteiger partial charge is 0.143 e. The summed E-state index contributed by atoms with van der Waals surface area (Å²) in [5.41, 5.74) is 8.16. The molecule has 0 bridgehead atoms. The van der Waals surface area contributed by atoms with Crippen LogP contribution in [0.15, 0.2) is 18.5 Å². The third-order valence-electron chi connectivity index (χ3n) is 1.97. The van der Waals surface area contributed by atoms with E-state index in [0.717, 1.165) is 5.56 Å². The van der Waals surface area contributed by atoms with Crippen molar-refractivity contribution in [3.05, 3.63) is 24.0 Å². The second-order valence-corrected chi connectivity index (χ2v) is 2.88. The highest BCUT2D eigenvalue weighted by atomic mass is 16.3. The Hall–Kier alpha value is -1.84. The van der Waals surface area contributed by atoms with Gasteiger partial charge in [0.05, 0.1) is 5.69 Å². The number of nitrogen functional groups attached to an aromatic ring is 1. The molecule has 0 fully saturated rings. The van der Waals surface area contributed by atoms with Crippen LogP contribution in [0, 0.1) is 6.92 Å². The van der Waals surface area contributed by atoms with E-state index in [-0.39, 0.29) is 5.75 Å². The minimum atomic E-state index is 0.120. The van der Waals surface area contributed by atoms with Crippen LogP contribution in [0.4, 0.5) is 5.69 Å². The molecular formula is C9H9N3O. The van der Waals surface area contributed by atoms with Crippen molar-refractivity contribution in [3.8, 4) is 5.75 Å². The molecule has 0 aliphatic carbocycles. The molecule has 13 heavy (non-hydrogen) atoms. The second kappa shape index (κ2) is 2.58. The van der Waals surface area contributed by atoms with Gasteiger partial charge in [-0.1, -0.05) is 0 Å². The standard InChI is InChI=1S/C9H9N3O/c1-5-4-6(13)8-9(7(5)10)12-3-2-11-8/h2-4,13H,10H2,1H3. The maximum absolute atomic E-state index is 9.52. The molecule has 0 unspecified atom stereocenters. The topological polar surface area (TPSA) is 72.0 Å². The number of phenolic OH excluding ortho intramolecular Hbond substituents is 1. The van der Waals surface area contributed by atoms with Crippen LogP contribution in [0.1, 0.15) is 5.56 Å². The van der Waals surface area contributed by atoms with E-state index in [2.05, 4.69) is 9.97 Å². The molecular weight excluding hydrogens is 166 g/mol. The summed E-state index contributed by atoms with van der Waals surface area (Å²) in [6.45, 7) is 1.82. The molecule has 1 aromatic heterocycles. The Balaban J connectivity index is 2.97. The number of nitrogens with zero attached hydrogens (tertiary/aromatic N) is 2. The van der Waals surface area contributed by atoms with Crippen LogP contribution in [0.25, 0.3) is 11.0 Å². The van der Waals surface area contributed by atoms with E-state index in [9.17, 15) is 5.11 Å². The zero-order chi connectivity index (χ0) is 9.42. The van der Waals surface area contributed by atoms with Crippen molar-refractivity contribution in [2.24, 2.45) is 0 Å². The second-order valence-electron chi connectivity index (χ2n) is 2.88. The molecule has 2 aromatic rings. The molecule has 0 aliphatic heterocycles. The first kappa shape index (κ1) is 7.79. The molecule has 1 heterocycles. The van der Waals surface area contributed by atoms with Crippen LogP contribution in [0.5, 0.6) is 5.75 Å². The van der Waals surface area contributed by atoms with Crippen LogP contribution in [-0.2, 0) is 0 Å². The SMILES string of the molecule is Cc1cc(O)c2nccnc2c1N. The molecule has 0 atom stereocenters. The summed E-state index contributed by atoms with van der Waals surface area (Å²) in [7, 11) is 0. The summed E-state index contributed by atoms with van der Waals surface area (Å²) in [4.78, 5) is 8.05. The minimum absolute atomic E-state index is 0.120. The highest BCUT2D eigenvalue weighted by Gasteiger charge is 2.07. The van der Waals surface area contributed by atoms with Gasteiger partial charge in [-0.2, -0.15) is 0 Å². The molecule has 0 radical (unpaired) electrons. The summed E-state index contributed by atoms with van der Waals surface area (Å²) < 4.78 is 0. The predicted octanol–water partition coefficient (Wildman–Crippen LogP) is 1.23. The van der Waals surface area contributed by atoms with E-state index in [1.807, 2.05) is 6.92 Å². The van der Waals surface area contributed by atoms with Gasteiger partial charge in [-0.15, -0.1) is 0 Å². The third kappa shape index (κ3) is 1.07. The fraction of sp³-hybridized carbons (Fsp3) is 0.111. The monoisotopic (exact) mass is 175 g/mol. The summed E-state index contributed by atoms with van der Waals surface area (Å²) in [6.07, 6.45) is 3.08. The lowest BCUT2D eigenvalue weighted by Crippen LogP contribution is -1.94. The number of rotatable bonds is 0. The first-order chi connectivity index (χ1) is 6.20. The first-order valence-electron chi connectivity index (χ1n) is 3.89. The Kier molecular flexibility index (Phi) is 1.55. The van der Waals surface area contributed by atoms with Crippen molar-refractivity contribution in [1.29, 1.82) is 0 Å². The Morgan fingerprint density at radius 2 is 1.85 bits per heavy atom. The number of aromatic nitrogens is 2. The van der Waals surface area contributed by atoms with Crippen LogP contribution in [-0.4, -0.2) is 15.1 Å². The first-order valence-corrected chi connectivity index (χ1v) is 3.89. The lowest BCUT2D eigenvalue weighted by atomic mass is 10.1. The van der Waals surface area contributed by atoms with Gasteiger partial charge in [0.15, 0.2) is 0 Å². The number of aromatic hydroxyl groups is 1. The van der Waals surface area contributed by atoms with E-state index in [1.165, 1.54) is 6.20 Å². The minimum Gasteiger partial charge on any atom is -0.506 e. The van der Waals surface area contributed by atoms with Crippen molar-refractivity contribution in [2.75, 3.05) is 5.73 Å². The van der Waals surface area contributed by atoms with Gasteiger partial charge in [-0.3, -0.25) is 4.98 Å². The van der Waals surface area contributed by atoms with Gasteiger partial charge >= 0.3 is 0 Å². The van der Waals surface area contributed by atoms with E-state index >= 15 is 0 Å². The van der Waals surface area contributed by atoms with Crippen LogP contribution >= 0.6 is 0 Å². The number of aryl methyl sites for hydroxylation is 1. The zero-order valence-electron chi connectivity index (χ0n) is 7.15. The van der Waals surface area contributed by atoms with Crippen LogP contribution in [0.2, 0.25) is 0 Å². The van der Waals surface area contributed by atoms with Gasteiger partial charge in [0.2, 0.25) is 0 Å². The lowest BCUT2D eigenvalue weighted by molar-refractivity contribution is 0.480. The predicted molar refractivity (Wildman–Crippen MR) is 50.4 cm³/mol. The Morgan fingerprint density at radius 3 is 2.54 bits per heavy atom. The van der Waals surface area contributed by atoms with Crippen molar-refractivity contribution in [3.63, 3.8) is 0 Å². The third-order valence-corrected chi connectivity index (χ3v) is 1.97. The Morgan fingerprint density at radius 1 is 1.23 bits per heavy atom. The number of anilines is 1. The number of hydrogen-bond acceptors (Lipinski definition) is 4. The number of hydrogen-bond donors (Lipinski definition) is 2. The normalized spacial score (nSPS) is 10.5. The quantitative estimate of drug-likeness (QED) is 0.466. The molecule has 0 amide bonds. The number of phenols is 1. The van der Waals surface area contributed by atoms with Crippen molar-refractivity contribution < 1.29 is 5.11 Å². The highest BCUT2D eigenvalue weighted by molar-refractivity contribution is 5.92. The Bertz CT molecular complexity index is 468. The summed E-state index contributed by atoms with van der Waals surface area (Å²) >= 11 is 0. The molecule has 66 valence electrons. The molecule has 0 saturated heterocycles. The average molecular weight is 175 g/mol. The summed E-state index contributed by atoms with van der Waals surface area (Å²) in [5, 5.41) is 9.52. The fourth-order valence-corrected chi connectivity index (χ4v) is 1.26. The zero-order valence-corrected chi connectivity index (χ0v) is 7.15. The van der Waals surface area contributed by atoms with Crippen LogP contribution < -0.4 is 5.73 Å². The largest absolute Gasteiger partial charge is 0.506 e. The van der Waals surface area contributed by atoms with E-state index < -0.39 is 0 Å². The molecule has 3 N–H and O–H groups in total. The van der Waals surface area contributed by atoms with E-state index in [4.69, 9.17) is 5.73 Å². The summed E-state index contributed by atoms with van der Waals surface area (Å²) in [6, 6.07) is 1.59. The van der Waals surface area contributed by atoms with Crippen molar-refractivity contribution in [2.45, 2.75) is 6.92 Å². The molecule has 1 aromatic carbocycles. The van der Waals surface area contributed by atoms with Crippen molar-refractivity contribution >= 4 is 16.7 Å². The molecule has 0 aliphatic rings. The maximum atomic E-state index is 9.52. The van der Waals surface area contributed by atoms with Crippen molar-refractivity contribution in [1.82, 2.24) is 9.97 Å². The van der Waals surface area contributed by atoms with Crippen LogP contribution in [0.3, 0.4) is 0 Å². The van der Waals surface area contributed by atoms with Gasteiger partial charge in [-0.25, -0.2) is 4.98 Å². The number of nitrogens with two attached hydrogens (primary N) is 1. The van der Waals surface area contributed by atoms with Gasteiger partial charge in [0.1, 0.15) is 16.8 Å². The molecule has 4 nitrogen and oxygen atoms in total.